The van der Waals surface area contributed by atoms with Crippen LogP contribution in [0, 0.1) is 6.92 Å². The van der Waals surface area contributed by atoms with Gasteiger partial charge in [0.2, 0.25) is 21.8 Å². The maximum atomic E-state index is 13.8. The number of sulfonamides is 1. The highest BCUT2D eigenvalue weighted by Crippen LogP contribution is 2.35. The van der Waals surface area contributed by atoms with E-state index in [9.17, 15) is 18.0 Å². The molecule has 1 N–H and O–H groups in total. The number of ether oxygens (including phenoxy) is 2. The van der Waals surface area contributed by atoms with Gasteiger partial charge in [-0.3, -0.25) is 13.9 Å². The molecular weight excluding hydrogens is 494 g/mol. The number of hydrogen-bond acceptors (Lipinski definition) is 6. The van der Waals surface area contributed by atoms with Crippen molar-refractivity contribution in [2.45, 2.75) is 53.1 Å². The highest BCUT2D eigenvalue weighted by molar-refractivity contribution is 7.92. The molecule has 2 aromatic rings. The molecular formula is C27H37N3O6S. The van der Waals surface area contributed by atoms with Gasteiger partial charge < -0.3 is 19.7 Å². The Kier molecular flexibility index (Phi) is 9.79. The van der Waals surface area contributed by atoms with Gasteiger partial charge in [-0.1, -0.05) is 43.7 Å². The second-order valence-corrected chi connectivity index (χ2v) is 11.1. The molecule has 3 rings (SSSR count). The summed E-state index contributed by atoms with van der Waals surface area (Å²) in [5.74, 6) is 0.0340. The smallest absolute Gasteiger partial charge is 0.244 e. The zero-order chi connectivity index (χ0) is 27.0. The number of benzene rings is 2. The molecule has 0 spiro atoms. The van der Waals surface area contributed by atoms with Crippen molar-refractivity contribution in [2.24, 2.45) is 0 Å². The molecule has 0 bridgehead atoms. The number of amides is 2. The van der Waals surface area contributed by atoms with Gasteiger partial charge in [0.15, 0.2) is 11.5 Å². The summed E-state index contributed by atoms with van der Waals surface area (Å²) in [6.07, 6.45) is 1.15. The normalized spacial score (nSPS) is 13.5. The van der Waals surface area contributed by atoms with E-state index < -0.39 is 28.5 Å². The van der Waals surface area contributed by atoms with Gasteiger partial charge >= 0.3 is 0 Å². The third kappa shape index (κ3) is 7.15. The lowest BCUT2D eigenvalue weighted by molar-refractivity contribution is -0.140. The summed E-state index contributed by atoms with van der Waals surface area (Å²) in [7, 11) is -3.83. The van der Waals surface area contributed by atoms with Crippen LogP contribution in [0.2, 0.25) is 0 Å². The van der Waals surface area contributed by atoms with Crippen molar-refractivity contribution in [2.75, 3.05) is 36.4 Å². The fourth-order valence-electron chi connectivity index (χ4n) is 4.20. The summed E-state index contributed by atoms with van der Waals surface area (Å²) in [5.41, 5.74) is 2.19. The standard InChI is InChI=1S/C27H37N3O6S/c1-5-13-28-27(32)23(6-2)29(18-21-10-8-9-20(4)16-21)26(31)19-30(37(33,34)7-3)22-11-12-24-25(17-22)36-15-14-35-24/h8-12,16-17,23H,5-7,13-15,18-19H2,1-4H3,(H,28,32)/t23-/m0/s1. The van der Waals surface area contributed by atoms with Gasteiger partial charge in [0, 0.05) is 19.2 Å². The van der Waals surface area contributed by atoms with Crippen molar-refractivity contribution in [3.8, 4) is 11.5 Å². The SMILES string of the molecule is CCCNC(=O)[C@H](CC)N(Cc1cccc(C)c1)C(=O)CN(c1ccc2c(c1)OCCO2)S(=O)(=O)CC. The molecule has 0 aromatic heterocycles. The highest BCUT2D eigenvalue weighted by Gasteiger charge is 2.32. The fraction of sp³-hybridized carbons (Fsp3) is 0.481. The first kappa shape index (κ1) is 28.3. The number of hydrogen-bond donors (Lipinski definition) is 1. The van der Waals surface area contributed by atoms with Crippen molar-refractivity contribution in [1.29, 1.82) is 0 Å². The third-order valence-electron chi connectivity index (χ3n) is 6.16. The molecule has 0 aliphatic carbocycles. The summed E-state index contributed by atoms with van der Waals surface area (Å²) in [6.45, 7) is 8.28. The minimum absolute atomic E-state index is 0.180. The average Bonchev–Trinajstić information content (AvgIpc) is 2.89. The van der Waals surface area contributed by atoms with Crippen LogP contribution in [0.5, 0.6) is 11.5 Å². The predicted octanol–water partition coefficient (Wildman–Crippen LogP) is 3.26. The van der Waals surface area contributed by atoms with E-state index in [1.165, 1.54) is 11.8 Å². The van der Waals surface area contributed by atoms with Crippen LogP contribution in [0.3, 0.4) is 0 Å². The fourth-order valence-corrected chi connectivity index (χ4v) is 5.25. The van der Waals surface area contributed by atoms with Crippen molar-refractivity contribution >= 4 is 27.5 Å². The Bertz CT molecular complexity index is 1200. The van der Waals surface area contributed by atoms with Gasteiger partial charge in [0.25, 0.3) is 0 Å². The molecule has 0 fully saturated rings. The van der Waals surface area contributed by atoms with Gasteiger partial charge in [0.1, 0.15) is 25.8 Å². The van der Waals surface area contributed by atoms with Crippen LogP contribution < -0.4 is 19.1 Å². The third-order valence-corrected chi connectivity index (χ3v) is 7.90. The largest absolute Gasteiger partial charge is 0.486 e. The number of carbonyl (C=O) groups is 2. The molecule has 0 unspecified atom stereocenters. The maximum Gasteiger partial charge on any atom is 0.244 e. The number of fused-ring (bicyclic) bond motifs is 1. The van der Waals surface area contributed by atoms with E-state index in [0.29, 0.717) is 43.4 Å². The molecule has 2 amide bonds. The van der Waals surface area contributed by atoms with Crippen LogP contribution in [0.4, 0.5) is 5.69 Å². The number of aryl methyl sites for hydroxylation is 1. The Morgan fingerprint density at radius 2 is 1.76 bits per heavy atom. The lowest BCUT2D eigenvalue weighted by Gasteiger charge is -2.33. The zero-order valence-corrected chi connectivity index (χ0v) is 22.8. The Balaban J connectivity index is 1.97. The van der Waals surface area contributed by atoms with Gasteiger partial charge in [-0.05, 0) is 44.4 Å². The van der Waals surface area contributed by atoms with E-state index >= 15 is 0 Å². The van der Waals surface area contributed by atoms with E-state index in [-0.39, 0.29) is 18.2 Å². The van der Waals surface area contributed by atoms with E-state index in [1.807, 2.05) is 45.0 Å². The van der Waals surface area contributed by atoms with Gasteiger partial charge in [-0.15, -0.1) is 0 Å². The molecule has 1 aliphatic heterocycles. The highest BCUT2D eigenvalue weighted by atomic mass is 32.2. The van der Waals surface area contributed by atoms with Crippen LogP contribution >= 0.6 is 0 Å². The molecule has 37 heavy (non-hydrogen) atoms. The monoisotopic (exact) mass is 531 g/mol. The van der Waals surface area contributed by atoms with Crippen molar-refractivity contribution in [3.05, 3.63) is 53.6 Å². The van der Waals surface area contributed by atoms with Crippen LogP contribution in [-0.4, -0.2) is 63.2 Å². The van der Waals surface area contributed by atoms with Crippen molar-refractivity contribution in [3.63, 3.8) is 0 Å². The second kappa shape index (κ2) is 12.8. The maximum absolute atomic E-state index is 13.8. The summed E-state index contributed by atoms with van der Waals surface area (Å²) in [5, 5.41) is 2.88. The van der Waals surface area contributed by atoms with E-state index in [4.69, 9.17) is 9.47 Å². The van der Waals surface area contributed by atoms with Crippen LogP contribution in [0.25, 0.3) is 0 Å². The molecule has 2 aromatic carbocycles. The number of nitrogens with zero attached hydrogens (tertiary/aromatic N) is 2. The van der Waals surface area contributed by atoms with Crippen molar-refractivity contribution < 1.29 is 27.5 Å². The van der Waals surface area contributed by atoms with Crippen LogP contribution in [-0.2, 0) is 26.2 Å². The predicted molar refractivity (Wildman–Crippen MR) is 143 cm³/mol. The first-order valence-corrected chi connectivity index (χ1v) is 14.3. The van der Waals surface area contributed by atoms with Crippen LogP contribution in [0.1, 0.15) is 44.7 Å². The summed E-state index contributed by atoms with van der Waals surface area (Å²) >= 11 is 0. The topological polar surface area (TPSA) is 105 Å². The Hall–Kier alpha value is -3.27. The molecule has 0 radical (unpaired) electrons. The van der Waals surface area contributed by atoms with Gasteiger partial charge in [-0.2, -0.15) is 0 Å². The summed E-state index contributed by atoms with van der Waals surface area (Å²) < 4.78 is 38.6. The van der Waals surface area contributed by atoms with E-state index in [2.05, 4.69) is 5.32 Å². The number of nitrogens with one attached hydrogen (secondary N) is 1. The first-order valence-electron chi connectivity index (χ1n) is 12.7. The van der Waals surface area contributed by atoms with Crippen LogP contribution in [0.15, 0.2) is 42.5 Å². The quantitative estimate of drug-likeness (QED) is 0.451. The second-order valence-electron chi connectivity index (χ2n) is 8.96. The minimum atomic E-state index is -3.83. The molecule has 0 saturated heterocycles. The summed E-state index contributed by atoms with van der Waals surface area (Å²) in [4.78, 5) is 28.4. The van der Waals surface area contributed by atoms with Crippen molar-refractivity contribution in [1.82, 2.24) is 10.2 Å². The van der Waals surface area contributed by atoms with Gasteiger partial charge in [0.05, 0.1) is 11.4 Å². The number of rotatable bonds is 12. The average molecular weight is 532 g/mol. The molecule has 10 heteroatoms. The molecule has 1 heterocycles. The molecule has 202 valence electrons. The Morgan fingerprint density at radius 1 is 1.03 bits per heavy atom. The number of carbonyl (C=O) groups excluding carboxylic acids is 2. The zero-order valence-electron chi connectivity index (χ0n) is 22.0. The minimum Gasteiger partial charge on any atom is -0.486 e. The van der Waals surface area contributed by atoms with E-state index in [1.54, 1.807) is 18.2 Å². The lowest BCUT2D eigenvalue weighted by atomic mass is 10.1. The molecule has 0 saturated carbocycles. The molecule has 1 atom stereocenters. The summed E-state index contributed by atoms with van der Waals surface area (Å²) in [6, 6.07) is 11.8. The first-order chi connectivity index (χ1) is 17.7. The Morgan fingerprint density at radius 3 is 2.41 bits per heavy atom. The lowest BCUT2D eigenvalue weighted by Crippen LogP contribution is -2.52. The molecule has 1 aliphatic rings. The Labute approximate surface area is 219 Å². The van der Waals surface area contributed by atoms with E-state index in [0.717, 1.165) is 21.9 Å². The molecule has 9 nitrogen and oxygen atoms in total. The number of anilines is 1. The van der Waals surface area contributed by atoms with Gasteiger partial charge in [-0.25, -0.2) is 8.42 Å².